The van der Waals surface area contributed by atoms with Crippen molar-refractivity contribution in [1.29, 1.82) is 0 Å². The van der Waals surface area contributed by atoms with Gasteiger partial charge in [0.05, 0.1) is 12.7 Å². The van der Waals surface area contributed by atoms with E-state index in [0.717, 1.165) is 17.8 Å². The van der Waals surface area contributed by atoms with E-state index in [1.165, 1.54) is 24.9 Å². The standard InChI is InChI=1S/C21H26N2O2/c1-15-7-6-9-19(20(15)25-3)21(24)22-17-10-12-18(13-11-17)23-14-5-4-8-16(23)2/h6-7,9-13,16H,4-5,8,14H2,1-3H3,(H,22,24). The van der Waals surface area contributed by atoms with Gasteiger partial charge in [-0.2, -0.15) is 0 Å². The van der Waals surface area contributed by atoms with Crippen LogP contribution in [0, 0.1) is 6.92 Å². The van der Waals surface area contributed by atoms with Gasteiger partial charge in [0.1, 0.15) is 5.75 Å². The van der Waals surface area contributed by atoms with Crippen LogP contribution in [0.2, 0.25) is 0 Å². The summed E-state index contributed by atoms with van der Waals surface area (Å²) < 4.78 is 5.38. The molecule has 1 amide bonds. The number of methoxy groups -OCH3 is 1. The lowest BCUT2D eigenvalue weighted by Gasteiger charge is -2.35. The van der Waals surface area contributed by atoms with Crippen molar-refractivity contribution in [2.45, 2.75) is 39.2 Å². The van der Waals surface area contributed by atoms with Crippen LogP contribution in [0.4, 0.5) is 11.4 Å². The van der Waals surface area contributed by atoms with E-state index >= 15 is 0 Å². The summed E-state index contributed by atoms with van der Waals surface area (Å²) in [5, 5.41) is 2.96. The molecule has 1 N–H and O–H groups in total. The predicted octanol–water partition coefficient (Wildman–Crippen LogP) is 4.63. The molecule has 0 bridgehead atoms. The van der Waals surface area contributed by atoms with Crippen molar-refractivity contribution in [3.63, 3.8) is 0 Å². The maximum Gasteiger partial charge on any atom is 0.259 e. The zero-order valence-electron chi connectivity index (χ0n) is 15.2. The molecule has 0 aliphatic carbocycles. The van der Waals surface area contributed by atoms with Crippen molar-refractivity contribution in [2.75, 3.05) is 23.9 Å². The molecule has 1 fully saturated rings. The molecule has 25 heavy (non-hydrogen) atoms. The Morgan fingerprint density at radius 3 is 2.60 bits per heavy atom. The van der Waals surface area contributed by atoms with Gasteiger partial charge in [-0.25, -0.2) is 0 Å². The van der Waals surface area contributed by atoms with Crippen LogP contribution in [0.25, 0.3) is 0 Å². The highest BCUT2D eigenvalue weighted by Crippen LogP contribution is 2.27. The Kier molecular flexibility index (Phi) is 5.27. The molecule has 1 heterocycles. The number of nitrogens with one attached hydrogen (secondary N) is 1. The van der Waals surface area contributed by atoms with Crippen molar-refractivity contribution in [1.82, 2.24) is 0 Å². The molecule has 1 aliphatic heterocycles. The van der Waals surface area contributed by atoms with Crippen LogP contribution < -0.4 is 15.0 Å². The van der Waals surface area contributed by atoms with E-state index in [1.54, 1.807) is 13.2 Å². The molecular weight excluding hydrogens is 312 g/mol. The summed E-state index contributed by atoms with van der Waals surface area (Å²) in [6.45, 7) is 5.32. The first kappa shape index (κ1) is 17.3. The van der Waals surface area contributed by atoms with Crippen LogP contribution in [0.1, 0.15) is 42.1 Å². The van der Waals surface area contributed by atoms with Crippen molar-refractivity contribution >= 4 is 17.3 Å². The third-order valence-electron chi connectivity index (χ3n) is 4.92. The summed E-state index contributed by atoms with van der Waals surface area (Å²) >= 11 is 0. The summed E-state index contributed by atoms with van der Waals surface area (Å²) in [7, 11) is 1.59. The maximum absolute atomic E-state index is 12.6. The number of benzene rings is 2. The molecule has 1 saturated heterocycles. The fraction of sp³-hybridized carbons (Fsp3) is 0.381. The van der Waals surface area contributed by atoms with Gasteiger partial charge in [-0.1, -0.05) is 12.1 Å². The largest absolute Gasteiger partial charge is 0.496 e. The van der Waals surface area contributed by atoms with Gasteiger partial charge in [0.15, 0.2) is 0 Å². The number of piperidine rings is 1. The highest BCUT2D eigenvalue weighted by atomic mass is 16.5. The number of amides is 1. The van der Waals surface area contributed by atoms with Gasteiger partial charge in [0.25, 0.3) is 5.91 Å². The third-order valence-corrected chi connectivity index (χ3v) is 4.92. The third kappa shape index (κ3) is 3.78. The number of para-hydroxylation sites is 1. The van der Waals surface area contributed by atoms with Crippen LogP contribution in [-0.4, -0.2) is 25.6 Å². The molecular formula is C21H26N2O2. The van der Waals surface area contributed by atoms with E-state index in [2.05, 4.69) is 29.3 Å². The highest BCUT2D eigenvalue weighted by Gasteiger charge is 2.19. The van der Waals surface area contributed by atoms with Crippen LogP contribution in [0.3, 0.4) is 0 Å². The highest BCUT2D eigenvalue weighted by molar-refractivity contribution is 6.06. The minimum atomic E-state index is -0.153. The fourth-order valence-electron chi connectivity index (χ4n) is 3.52. The van der Waals surface area contributed by atoms with E-state index in [0.29, 0.717) is 17.4 Å². The van der Waals surface area contributed by atoms with E-state index in [4.69, 9.17) is 4.74 Å². The summed E-state index contributed by atoms with van der Waals surface area (Å²) in [5.74, 6) is 0.471. The average molecular weight is 338 g/mol. The van der Waals surface area contributed by atoms with Gasteiger partial charge in [-0.05, 0) is 69.0 Å². The quantitative estimate of drug-likeness (QED) is 0.883. The monoisotopic (exact) mass is 338 g/mol. The second-order valence-electron chi connectivity index (χ2n) is 6.69. The molecule has 4 heteroatoms. The zero-order chi connectivity index (χ0) is 17.8. The van der Waals surface area contributed by atoms with Crippen LogP contribution in [-0.2, 0) is 0 Å². The molecule has 1 unspecified atom stereocenters. The number of carbonyl (C=O) groups excluding carboxylic acids is 1. The second kappa shape index (κ2) is 7.60. The van der Waals surface area contributed by atoms with Gasteiger partial charge < -0.3 is 15.0 Å². The van der Waals surface area contributed by atoms with Crippen molar-refractivity contribution < 1.29 is 9.53 Å². The number of nitrogens with zero attached hydrogens (tertiary/aromatic N) is 1. The molecule has 3 rings (SSSR count). The SMILES string of the molecule is COc1c(C)cccc1C(=O)Nc1ccc(N2CCCCC2C)cc1. The Morgan fingerprint density at radius 2 is 1.92 bits per heavy atom. The predicted molar refractivity (Wildman–Crippen MR) is 103 cm³/mol. The smallest absolute Gasteiger partial charge is 0.259 e. The minimum absolute atomic E-state index is 0.153. The fourth-order valence-corrected chi connectivity index (χ4v) is 3.52. The van der Waals surface area contributed by atoms with Gasteiger partial charge in [0.2, 0.25) is 0 Å². The summed E-state index contributed by atoms with van der Waals surface area (Å²) in [6.07, 6.45) is 3.80. The molecule has 2 aromatic rings. The lowest BCUT2D eigenvalue weighted by Crippen LogP contribution is -2.37. The summed E-state index contributed by atoms with van der Waals surface area (Å²) in [5.41, 5.74) is 3.51. The Bertz CT molecular complexity index is 740. The van der Waals surface area contributed by atoms with E-state index < -0.39 is 0 Å². The summed E-state index contributed by atoms with van der Waals surface area (Å²) in [4.78, 5) is 15.0. The Labute approximate surface area is 149 Å². The zero-order valence-corrected chi connectivity index (χ0v) is 15.2. The number of hydrogen-bond donors (Lipinski definition) is 1. The summed E-state index contributed by atoms with van der Waals surface area (Å²) in [6, 6.07) is 14.3. The molecule has 132 valence electrons. The number of ether oxygens (including phenoxy) is 1. The normalized spacial score (nSPS) is 17.2. The van der Waals surface area contributed by atoms with Gasteiger partial charge in [-0.3, -0.25) is 4.79 Å². The minimum Gasteiger partial charge on any atom is -0.496 e. The first-order valence-electron chi connectivity index (χ1n) is 8.92. The van der Waals surface area contributed by atoms with Crippen LogP contribution in [0.15, 0.2) is 42.5 Å². The molecule has 4 nitrogen and oxygen atoms in total. The maximum atomic E-state index is 12.6. The van der Waals surface area contributed by atoms with Gasteiger partial charge in [-0.15, -0.1) is 0 Å². The van der Waals surface area contributed by atoms with E-state index in [-0.39, 0.29) is 5.91 Å². The van der Waals surface area contributed by atoms with Gasteiger partial charge in [0, 0.05) is 24.0 Å². The van der Waals surface area contributed by atoms with Gasteiger partial charge >= 0.3 is 0 Å². The van der Waals surface area contributed by atoms with Crippen LogP contribution in [0.5, 0.6) is 5.75 Å². The van der Waals surface area contributed by atoms with E-state index in [9.17, 15) is 4.79 Å². The van der Waals surface area contributed by atoms with Crippen molar-refractivity contribution in [3.8, 4) is 5.75 Å². The molecule has 0 saturated carbocycles. The number of hydrogen-bond acceptors (Lipinski definition) is 3. The molecule has 0 aromatic heterocycles. The van der Waals surface area contributed by atoms with Crippen molar-refractivity contribution in [3.05, 3.63) is 53.6 Å². The molecule has 1 aliphatic rings. The average Bonchev–Trinajstić information content (AvgIpc) is 2.62. The lowest BCUT2D eigenvalue weighted by molar-refractivity contribution is 0.102. The molecule has 2 aromatic carbocycles. The Morgan fingerprint density at radius 1 is 1.16 bits per heavy atom. The van der Waals surface area contributed by atoms with Crippen LogP contribution >= 0.6 is 0 Å². The Balaban J connectivity index is 1.73. The lowest BCUT2D eigenvalue weighted by atomic mass is 10.0. The van der Waals surface area contributed by atoms with E-state index in [1.807, 2.05) is 31.2 Å². The first-order chi connectivity index (χ1) is 12.1. The number of rotatable bonds is 4. The first-order valence-corrected chi connectivity index (χ1v) is 8.92. The Hall–Kier alpha value is -2.49. The molecule has 1 atom stereocenters. The second-order valence-corrected chi connectivity index (χ2v) is 6.69. The van der Waals surface area contributed by atoms with Crippen molar-refractivity contribution in [2.24, 2.45) is 0 Å². The molecule has 0 spiro atoms. The molecule has 0 radical (unpaired) electrons. The number of carbonyl (C=O) groups is 1. The number of anilines is 2. The number of aryl methyl sites for hydroxylation is 1. The topological polar surface area (TPSA) is 41.6 Å².